The molecular weight excluding hydrogens is 368 g/mol. The molecule has 0 saturated heterocycles. The van der Waals surface area contributed by atoms with Crippen molar-refractivity contribution in [1.29, 1.82) is 0 Å². The van der Waals surface area contributed by atoms with Gasteiger partial charge in [-0.05, 0) is 60.9 Å². The summed E-state index contributed by atoms with van der Waals surface area (Å²) in [4.78, 5) is 23.6. The fraction of sp³-hybridized carbons (Fsp3) is 0.333. The molecule has 29 heavy (non-hydrogen) atoms. The molecule has 3 aromatic rings. The number of rotatable bonds is 9. The molecule has 152 valence electrons. The number of fused-ring (bicyclic) bond motifs is 1. The number of esters is 1. The van der Waals surface area contributed by atoms with E-state index < -0.39 is 11.6 Å². The molecule has 0 fully saturated rings. The van der Waals surface area contributed by atoms with Crippen LogP contribution in [0.3, 0.4) is 0 Å². The van der Waals surface area contributed by atoms with Gasteiger partial charge >= 0.3 is 11.6 Å². The number of hydrogen-bond acceptors (Lipinski definition) is 5. The van der Waals surface area contributed by atoms with Crippen molar-refractivity contribution in [3.63, 3.8) is 0 Å². The van der Waals surface area contributed by atoms with Crippen molar-refractivity contribution in [1.82, 2.24) is 0 Å². The van der Waals surface area contributed by atoms with Crippen molar-refractivity contribution in [3.05, 3.63) is 70.6 Å². The van der Waals surface area contributed by atoms with Gasteiger partial charge in [0, 0.05) is 11.5 Å². The molecule has 0 amide bonds. The van der Waals surface area contributed by atoms with Crippen LogP contribution in [0.25, 0.3) is 11.0 Å². The summed E-state index contributed by atoms with van der Waals surface area (Å²) in [6.45, 7) is 5.06. The first-order valence-corrected chi connectivity index (χ1v) is 10.0. The van der Waals surface area contributed by atoms with Crippen molar-refractivity contribution in [2.24, 2.45) is 5.92 Å². The van der Waals surface area contributed by atoms with Crippen molar-refractivity contribution in [2.45, 2.75) is 39.5 Å². The number of benzene rings is 2. The molecule has 0 aliphatic rings. The molecule has 0 saturated carbocycles. The van der Waals surface area contributed by atoms with Crippen LogP contribution in [-0.2, 0) is 0 Å². The van der Waals surface area contributed by atoms with Gasteiger partial charge in [-0.3, -0.25) is 0 Å². The van der Waals surface area contributed by atoms with Gasteiger partial charge in [-0.1, -0.05) is 33.1 Å². The predicted octanol–water partition coefficient (Wildman–Crippen LogP) is 5.61. The van der Waals surface area contributed by atoms with Gasteiger partial charge < -0.3 is 13.9 Å². The predicted molar refractivity (Wildman–Crippen MR) is 113 cm³/mol. The lowest BCUT2D eigenvalue weighted by atomic mass is 10.0. The van der Waals surface area contributed by atoms with Crippen molar-refractivity contribution in [3.8, 4) is 11.5 Å². The lowest BCUT2D eigenvalue weighted by Crippen LogP contribution is -2.10. The first kappa shape index (κ1) is 20.6. The molecule has 0 radical (unpaired) electrons. The number of hydrogen-bond donors (Lipinski definition) is 0. The maximum Gasteiger partial charge on any atom is 0.343 e. The van der Waals surface area contributed by atoms with E-state index in [2.05, 4.69) is 13.8 Å². The van der Waals surface area contributed by atoms with Crippen LogP contribution in [0.4, 0.5) is 0 Å². The van der Waals surface area contributed by atoms with Crippen molar-refractivity contribution >= 4 is 16.9 Å². The lowest BCUT2D eigenvalue weighted by molar-refractivity contribution is 0.0735. The number of carbonyl (C=O) groups excluding carboxylic acids is 1. The summed E-state index contributed by atoms with van der Waals surface area (Å²) in [5, 5.41) is 0.687. The van der Waals surface area contributed by atoms with Gasteiger partial charge in [0.05, 0.1) is 12.2 Å². The molecule has 2 aromatic carbocycles. The molecule has 3 rings (SSSR count). The van der Waals surface area contributed by atoms with E-state index in [-0.39, 0.29) is 0 Å². The Kier molecular flexibility index (Phi) is 7.06. The van der Waals surface area contributed by atoms with Gasteiger partial charge in [-0.15, -0.1) is 0 Å². The Balaban J connectivity index is 1.56. The minimum atomic E-state index is -0.457. The highest BCUT2D eigenvalue weighted by atomic mass is 16.5. The summed E-state index contributed by atoms with van der Waals surface area (Å²) < 4.78 is 16.3. The molecule has 5 heteroatoms. The van der Waals surface area contributed by atoms with E-state index in [0.717, 1.165) is 12.2 Å². The Morgan fingerprint density at radius 2 is 1.76 bits per heavy atom. The monoisotopic (exact) mass is 394 g/mol. The summed E-state index contributed by atoms with van der Waals surface area (Å²) >= 11 is 0. The van der Waals surface area contributed by atoms with Gasteiger partial charge in [-0.25, -0.2) is 9.59 Å². The average molecular weight is 394 g/mol. The molecule has 1 atom stereocenters. The van der Waals surface area contributed by atoms with Crippen LogP contribution >= 0.6 is 0 Å². The Morgan fingerprint density at radius 3 is 2.52 bits per heavy atom. The van der Waals surface area contributed by atoms with Crippen molar-refractivity contribution < 1.29 is 18.7 Å². The minimum absolute atomic E-state index is 0.387. The van der Waals surface area contributed by atoms with Gasteiger partial charge in [0.1, 0.15) is 17.1 Å². The molecule has 5 nitrogen and oxygen atoms in total. The minimum Gasteiger partial charge on any atom is -0.493 e. The topological polar surface area (TPSA) is 65.7 Å². The summed E-state index contributed by atoms with van der Waals surface area (Å²) in [7, 11) is 0. The van der Waals surface area contributed by atoms with Gasteiger partial charge in [0.15, 0.2) is 0 Å². The van der Waals surface area contributed by atoms with E-state index >= 15 is 0 Å². The van der Waals surface area contributed by atoms with E-state index in [1.165, 1.54) is 25.3 Å². The van der Waals surface area contributed by atoms with Crippen LogP contribution in [0, 0.1) is 5.92 Å². The van der Waals surface area contributed by atoms with E-state index in [0.29, 0.717) is 34.8 Å². The molecule has 0 aliphatic carbocycles. The Labute approximate surface area is 170 Å². The summed E-state index contributed by atoms with van der Waals surface area (Å²) in [5.41, 5.74) is 0.468. The maximum absolute atomic E-state index is 12.4. The van der Waals surface area contributed by atoms with Crippen LogP contribution in [-0.4, -0.2) is 12.6 Å². The highest BCUT2D eigenvalue weighted by Crippen LogP contribution is 2.21. The zero-order valence-electron chi connectivity index (χ0n) is 16.9. The van der Waals surface area contributed by atoms with Crippen LogP contribution in [0.15, 0.2) is 63.8 Å². The summed E-state index contributed by atoms with van der Waals surface area (Å²) in [5.74, 6) is 1.17. The SMILES string of the molecule is CCCCC[C@H](C)COc1ccc(C(=O)Oc2ccc3oc(=O)ccc3c2)cc1. The quantitative estimate of drug-likeness (QED) is 0.204. The lowest BCUT2D eigenvalue weighted by Gasteiger charge is -2.13. The third-order valence-corrected chi connectivity index (χ3v) is 4.73. The Bertz CT molecular complexity index is 1000. The van der Waals surface area contributed by atoms with Crippen LogP contribution in [0.1, 0.15) is 49.9 Å². The third-order valence-electron chi connectivity index (χ3n) is 4.73. The third kappa shape index (κ3) is 5.95. The highest BCUT2D eigenvalue weighted by molar-refractivity contribution is 5.91. The Morgan fingerprint density at radius 1 is 1.00 bits per heavy atom. The first-order chi connectivity index (χ1) is 14.0. The molecular formula is C24H26O5. The second kappa shape index (κ2) is 9.92. The van der Waals surface area contributed by atoms with E-state index in [1.807, 2.05) is 0 Å². The Hall–Kier alpha value is -3.08. The second-order valence-corrected chi connectivity index (χ2v) is 7.28. The van der Waals surface area contributed by atoms with E-state index in [4.69, 9.17) is 13.9 Å². The fourth-order valence-corrected chi connectivity index (χ4v) is 3.03. The molecule has 0 aliphatic heterocycles. The van der Waals surface area contributed by atoms with Gasteiger partial charge in [-0.2, -0.15) is 0 Å². The standard InChI is InChI=1S/C24H26O5/c1-3-4-5-6-17(2)16-27-20-10-7-18(8-11-20)24(26)28-21-12-13-22-19(15-21)9-14-23(25)29-22/h7-15,17H,3-6,16H2,1-2H3/t17-/m0/s1. The number of ether oxygens (including phenoxy) is 2. The van der Waals surface area contributed by atoms with Gasteiger partial charge in [0.2, 0.25) is 0 Å². The summed E-state index contributed by atoms with van der Waals surface area (Å²) in [6.07, 6.45) is 4.87. The van der Waals surface area contributed by atoms with Crippen LogP contribution in [0.2, 0.25) is 0 Å². The van der Waals surface area contributed by atoms with Crippen molar-refractivity contribution in [2.75, 3.05) is 6.61 Å². The van der Waals surface area contributed by atoms with E-state index in [9.17, 15) is 9.59 Å². The number of carbonyl (C=O) groups is 1. The molecule has 0 unspecified atom stereocenters. The highest BCUT2D eigenvalue weighted by Gasteiger charge is 2.10. The smallest absolute Gasteiger partial charge is 0.343 e. The second-order valence-electron chi connectivity index (χ2n) is 7.28. The maximum atomic E-state index is 12.4. The van der Waals surface area contributed by atoms with Crippen LogP contribution in [0.5, 0.6) is 11.5 Å². The van der Waals surface area contributed by atoms with E-state index in [1.54, 1.807) is 48.5 Å². The fourth-order valence-electron chi connectivity index (χ4n) is 3.03. The number of unbranched alkanes of at least 4 members (excludes halogenated alkanes) is 2. The summed E-state index contributed by atoms with van der Waals surface area (Å²) in [6, 6.07) is 14.8. The zero-order valence-corrected chi connectivity index (χ0v) is 16.9. The average Bonchev–Trinajstić information content (AvgIpc) is 2.73. The molecule has 0 bridgehead atoms. The van der Waals surface area contributed by atoms with Gasteiger partial charge in [0.25, 0.3) is 0 Å². The molecule has 0 N–H and O–H groups in total. The molecule has 1 aromatic heterocycles. The molecule has 0 spiro atoms. The largest absolute Gasteiger partial charge is 0.493 e. The molecule has 1 heterocycles. The van der Waals surface area contributed by atoms with Crippen LogP contribution < -0.4 is 15.1 Å². The normalized spacial score (nSPS) is 11.9. The first-order valence-electron chi connectivity index (χ1n) is 10.0. The zero-order chi connectivity index (χ0) is 20.6.